The van der Waals surface area contributed by atoms with Crippen molar-refractivity contribution in [3.8, 4) is 40.2 Å². The molecule has 21 nitrogen and oxygen atoms in total. The lowest BCUT2D eigenvalue weighted by Crippen LogP contribution is -2.14. The number of aliphatic hydroxyl groups is 1. The third-order valence-corrected chi connectivity index (χ3v) is 25.8. The first kappa shape index (κ1) is 112. The average molecular weight is 2270 g/mol. The first-order chi connectivity index (χ1) is 66.2. The van der Waals surface area contributed by atoms with Crippen molar-refractivity contribution in [3.63, 3.8) is 0 Å². The maximum absolute atomic E-state index is 11.7. The molecule has 0 radical (unpaired) electrons. The van der Waals surface area contributed by atoms with E-state index in [0.29, 0.717) is 68.1 Å². The van der Waals surface area contributed by atoms with Crippen molar-refractivity contribution in [2.75, 3.05) is 54.6 Å². The third-order valence-electron chi connectivity index (χ3n) is 22.1. The molecule has 0 bridgehead atoms. The molecule has 2 N–H and O–H groups in total. The van der Waals surface area contributed by atoms with Gasteiger partial charge in [-0.05, 0) is 379 Å². The summed E-state index contributed by atoms with van der Waals surface area (Å²) < 4.78 is 75.3. The number of amides is 1. The quantitative estimate of drug-likeness (QED) is 0.0281. The number of rotatable bonds is 34. The first-order valence-electron chi connectivity index (χ1n) is 44.6. The number of carbonyl (C=O) groups is 6. The highest BCUT2D eigenvalue weighted by Crippen LogP contribution is 2.44. The number of aryl methyl sites for hydroxylation is 9. The minimum Gasteiger partial charge on any atom is -0.493 e. The summed E-state index contributed by atoms with van der Waals surface area (Å²) in [5.41, 5.74) is 23.4. The average Bonchev–Trinajstić information content (AvgIpc) is 1.67. The van der Waals surface area contributed by atoms with Gasteiger partial charge in [0.15, 0.2) is 0 Å². The summed E-state index contributed by atoms with van der Waals surface area (Å²) >= 11 is 21.1. The van der Waals surface area contributed by atoms with Crippen molar-refractivity contribution < 1.29 is 95.5 Å². The van der Waals surface area contributed by atoms with Gasteiger partial charge in [0.1, 0.15) is 79.9 Å². The number of aliphatic hydroxyl groups excluding tert-OH is 1. The second kappa shape index (κ2) is 57.9. The molecule has 12 aromatic rings. The van der Waals surface area contributed by atoms with E-state index in [1.807, 2.05) is 250 Å². The van der Waals surface area contributed by atoms with Gasteiger partial charge in [0.25, 0.3) is 0 Å². The summed E-state index contributed by atoms with van der Waals surface area (Å²) in [6.07, 6.45) is 3.98. The molecule has 1 aliphatic carbocycles. The first-order valence-corrected chi connectivity index (χ1v) is 49.3. The Balaban J connectivity index is 0.000000203. The number of anilines is 1. The molecule has 27 heteroatoms. The molecule has 13 rings (SSSR count). The standard InChI is InChI=1S/C20H21BrO3.C19H21BrO4.C19H21BrO3.2C18H19BrO3.C17H18BrNO4/c1-13-6-9-19(18(21)10-13)24-12-17-15(11-20(22)23-2)4-3-5-16(17)14-7-8-14;1-4-23-17-7-5-6-14(11-19(21)22-3)15(17)12-24-18-9-8-13(2)10-16(18)20;1-4-14-6-5-7-15(11-19(21)22-3)16(14)12-23-18-9-8-13(2)10-17(18)20;2*1-12-7-8-17(16(19)9-12)22-11-15-13(2)5-4-6-14(15)10-18(20)21-3;1-11-6-7-16(14(18)8-11)23-10-13-12(9-20)4-3-5-15(13)19-17(21)22-2/h3-6,9-10,14H,7-8,11-12H2,1-2H3;5-10H,4,11-12H2,1-3H3;5-10H,4,11-12H2,1-3H3;2*4-9H,10-11H2,1-3H3;3-8,20H,9-10H2,1-2H3,(H,19,21). The van der Waals surface area contributed by atoms with Crippen molar-refractivity contribution in [1.29, 1.82) is 0 Å². The van der Waals surface area contributed by atoms with Gasteiger partial charge < -0.3 is 66.7 Å². The molecule has 0 saturated heterocycles. The van der Waals surface area contributed by atoms with Gasteiger partial charge in [-0.2, -0.15) is 0 Å². The SMILES string of the molecule is CCOc1cccc(CC(=O)OC)c1COc1ccc(C)cc1Br.CCc1cccc(CC(=O)OC)c1COc1ccc(C)cc1Br.COC(=O)Cc1cccc(C)c1COc1ccc(C)cc1Br.COC(=O)Cc1cccc(C)c1COc1ccc(C)cc1Br.COC(=O)Cc1cccc(C2CC2)c1COc1ccc(C)cc1Br.COC(=O)Nc1cccc(CO)c1COc1ccc(C)cc1Br. The summed E-state index contributed by atoms with van der Waals surface area (Å²) in [7, 11) is 8.31. The van der Waals surface area contributed by atoms with Crippen LogP contribution in [0.5, 0.6) is 40.2 Å². The maximum atomic E-state index is 11.7. The molecular formula is C111H119Br6NO20. The minimum atomic E-state index is -0.571. The van der Waals surface area contributed by atoms with Gasteiger partial charge in [-0.15, -0.1) is 0 Å². The van der Waals surface area contributed by atoms with Gasteiger partial charge in [0.05, 0.1) is 121 Å². The maximum Gasteiger partial charge on any atom is 0.411 e. The Morgan fingerprint density at radius 3 is 0.891 bits per heavy atom. The van der Waals surface area contributed by atoms with Crippen LogP contribution in [0.2, 0.25) is 0 Å². The van der Waals surface area contributed by atoms with Crippen molar-refractivity contribution >= 4 is 137 Å². The zero-order valence-electron chi connectivity index (χ0n) is 80.6. The molecular weight excluding hydrogens is 2150 g/mol. The van der Waals surface area contributed by atoms with Gasteiger partial charge in [0, 0.05) is 11.1 Å². The van der Waals surface area contributed by atoms with Crippen LogP contribution in [-0.4, -0.2) is 90.3 Å². The Bertz CT molecular complexity index is 5880. The molecule has 1 amide bonds. The van der Waals surface area contributed by atoms with E-state index < -0.39 is 6.09 Å². The van der Waals surface area contributed by atoms with E-state index >= 15 is 0 Å². The summed E-state index contributed by atoms with van der Waals surface area (Å²) in [6.45, 7) is 22.9. The minimum absolute atomic E-state index is 0.148. The van der Waals surface area contributed by atoms with E-state index in [1.54, 1.807) is 18.2 Å². The Kier molecular flexibility index (Phi) is 47.0. The smallest absolute Gasteiger partial charge is 0.411 e. The van der Waals surface area contributed by atoms with Crippen molar-refractivity contribution in [1.82, 2.24) is 0 Å². The molecule has 0 aliphatic heterocycles. The molecule has 1 aliphatic rings. The van der Waals surface area contributed by atoms with E-state index in [9.17, 15) is 33.9 Å². The lowest BCUT2D eigenvalue weighted by Gasteiger charge is -2.16. The topological polar surface area (TPSA) is 255 Å². The van der Waals surface area contributed by atoms with Gasteiger partial charge >= 0.3 is 35.9 Å². The largest absolute Gasteiger partial charge is 0.493 e. The molecule has 0 spiro atoms. The van der Waals surface area contributed by atoms with E-state index in [-0.39, 0.29) is 75.2 Å². The number of nitrogens with one attached hydrogen (secondary N) is 1. The molecule has 138 heavy (non-hydrogen) atoms. The van der Waals surface area contributed by atoms with Gasteiger partial charge in [0.2, 0.25) is 0 Å². The lowest BCUT2D eigenvalue weighted by molar-refractivity contribution is -0.140. The highest BCUT2D eigenvalue weighted by molar-refractivity contribution is 9.11. The molecule has 0 aromatic heterocycles. The third kappa shape index (κ3) is 35.9. The molecule has 12 aromatic carbocycles. The summed E-state index contributed by atoms with van der Waals surface area (Å²) in [6, 6.07) is 70.5. The summed E-state index contributed by atoms with van der Waals surface area (Å²) in [5, 5.41) is 12.1. The number of ether oxygens (including phenoxy) is 13. The number of benzene rings is 12. The van der Waals surface area contributed by atoms with Crippen molar-refractivity contribution in [3.05, 3.63) is 368 Å². The van der Waals surface area contributed by atoms with Crippen LogP contribution in [0.4, 0.5) is 10.5 Å². The van der Waals surface area contributed by atoms with Crippen LogP contribution >= 0.6 is 95.6 Å². The second-order valence-corrected chi connectivity index (χ2v) is 37.4. The van der Waals surface area contributed by atoms with Crippen LogP contribution in [0.3, 0.4) is 0 Å². The summed E-state index contributed by atoms with van der Waals surface area (Å²) in [5.74, 6) is 4.70. The number of halogens is 6. The van der Waals surface area contributed by atoms with E-state index in [0.717, 1.165) is 146 Å². The van der Waals surface area contributed by atoms with Crippen LogP contribution < -0.4 is 38.5 Å². The number of carbonyl (C=O) groups excluding carboxylic acids is 6. The Hall–Kier alpha value is -11.3. The van der Waals surface area contributed by atoms with Gasteiger partial charge in [-0.3, -0.25) is 29.3 Å². The van der Waals surface area contributed by atoms with Crippen LogP contribution in [0.15, 0.2) is 245 Å². The lowest BCUT2D eigenvalue weighted by atomic mass is 9.96. The van der Waals surface area contributed by atoms with E-state index in [1.165, 1.54) is 88.9 Å². The summed E-state index contributed by atoms with van der Waals surface area (Å²) in [4.78, 5) is 69.5. The molecule has 1 fully saturated rings. The fraction of sp³-hybridized carbons (Fsp3) is 0.297. The van der Waals surface area contributed by atoms with Crippen molar-refractivity contribution in [2.24, 2.45) is 0 Å². The fourth-order valence-corrected chi connectivity index (χ4v) is 17.9. The van der Waals surface area contributed by atoms with E-state index in [2.05, 4.69) is 125 Å². The predicted molar refractivity (Wildman–Crippen MR) is 560 cm³/mol. The molecule has 0 unspecified atom stereocenters. The predicted octanol–water partition coefficient (Wildman–Crippen LogP) is 26.7. The molecule has 0 heterocycles. The Morgan fingerprint density at radius 2 is 0.572 bits per heavy atom. The monoisotopic (exact) mass is 2260 g/mol. The second-order valence-electron chi connectivity index (χ2n) is 32.2. The normalized spacial score (nSPS) is 10.9. The van der Waals surface area contributed by atoms with Crippen LogP contribution in [0.1, 0.15) is 155 Å². The molecule has 730 valence electrons. The van der Waals surface area contributed by atoms with Crippen LogP contribution in [0.25, 0.3) is 0 Å². The zero-order valence-corrected chi connectivity index (χ0v) is 90.2. The van der Waals surface area contributed by atoms with E-state index in [4.69, 9.17) is 56.8 Å². The van der Waals surface area contributed by atoms with Crippen LogP contribution in [0, 0.1) is 55.4 Å². The number of methoxy groups -OCH3 is 6. The Morgan fingerprint density at radius 1 is 0.297 bits per heavy atom. The molecule has 1 saturated carbocycles. The molecule has 0 atom stereocenters. The Labute approximate surface area is 860 Å². The van der Waals surface area contributed by atoms with Crippen LogP contribution in [-0.2, 0) is 137 Å². The van der Waals surface area contributed by atoms with Gasteiger partial charge in [-0.25, -0.2) is 4.79 Å². The number of hydrogen-bond donors (Lipinski definition) is 2. The van der Waals surface area contributed by atoms with Crippen molar-refractivity contribution in [2.45, 2.75) is 173 Å². The number of hydrogen-bond acceptors (Lipinski definition) is 20. The number of esters is 5. The highest BCUT2D eigenvalue weighted by Gasteiger charge is 2.29. The highest BCUT2D eigenvalue weighted by atomic mass is 79.9. The fourth-order valence-electron chi connectivity index (χ4n) is 14.3. The van der Waals surface area contributed by atoms with Gasteiger partial charge in [-0.1, -0.05) is 140 Å². The zero-order chi connectivity index (χ0) is 100.